The van der Waals surface area contributed by atoms with Gasteiger partial charge in [-0.1, -0.05) is 42.1 Å². The van der Waals surface area contributed by atoms with E-state index in [2.05, 4.69) is 30.0 Å². The average Bonchev–Trinajstić information content (AvgIpc) is 2.71. The van der Waals surface area contributed by atoms with E-state index in [0.29, 0.717) is 10.0 Å². The summed E-state index contributed by atoms with van der Waals surface area (Å²) in [5, 5.41) is 1.29. The molecule has 1 saturated heterocycles. The molecule has 1 aliphatic heterocycles. The first kappa shape index (κ1) is 18.1. The molecule has 2 rings (SSSR count). The number of nitrogens with zero attached hydrogens (tertiary/aromatic N) is 2. The summed E-state index contributed by atoms with van der Waals surface area (Å²) in [6, 6.07) is 6.70. The van der Waals surface area contributed by atoms with Gasteiger partial charge < -0.3 is 9.80 Å². The number of benzene rings is 1. The van der Waals surface area contributed by atoms with E-state index in [1.807, 2.05) is 12.1 Å². The van der Waals surface area contributed by atoms with E-state index in [4.69, 9.17) is 23.2 Å². The normalized spacial score (nSPS) is 20.3. The highest BCUT2D eigenvalue weighted by atomic mass is 35.5. The Balaban J connectivity index is 1.73. The molecular formula is C18H28Cl2N2. The van der Waals surface area contributed by atoms with E-state index < -0.39 is 0 Å². The van der Waals surface area contributed by atoms with Crippen LogP contribution in [-0.2, 0) is 6.42 Å². The van der Waals surface area contributed by atoms with Crippen LogP contribution in [0, 0.1) is 0 Å². The second-order valence-electron chi connectivity index (χ2n) is 6.57. The van der Waals surface area contributed by atoms with Crippen molar-refractivity contribution in [3.05, 3.63) is 33.8 Å². The molecule has 1 heterocycles. The fourth-order valence-corrected chi connectivity index (χ4v) is 3.50. The molecule has 2 nitrogen and oxygen atoms in total. The fourth-order valence-electron chi connectivity index (χ4n) is 3.18. The van der Waals surface area contributed by atoms with Crippen LogP contribution < -0.4 is 0 Å². The van der Waals surface area contributed by atoms with Crippen LogP contribution >= 0.6 is 23.2 Å². The molecule has 0 aromatic heterocycles. The van der Waals surface area contributed by atoms with Gasteiger partial charge in [0, 0.05) is 12.6 Å². The van der Waals surface area contributed by atoms with Crippen molar-refractivity contribution in [1.29, 1.82) is 0 Å². The van der Waals surface area contributed by atoms with Gasteiger partial charge >= 0.3 is 0 Å². The summed E-state index contributed by atoms with van der Waals surface area (Å²) in [5.74, 6) is 0. The molecule has 0 bridgehead atoms. The minimum Gasteiger partial charge on any atom is -0.306 e. The number of hydrogen-bond acceptors (Lipinski definition) is 2. The van der Waals surface area contributed by atoms with E-state index in [0.717, 1.165) is 25.6 Å². The Bertz CT molecular complexity index is 464. The van der Waals surface area contributed by atoms with Crippen LogP contribution in [0.25, 0.3) is 0 Å². The third kappa shape index (κ3) is 5.73. The summed E-state index contributed by atoms with van der Waals surface area (Å²) in [4.78, 5) is 4.99. The SMILES string of the molecule is CN(CCc1ccc(Cl)c(Cl)c1)CCC1CCCCCN1C. The van der Waals surface area contributed by atoms with Crippen molar-refractivity contribution in [3.8, 4) is 0 Å². The molecule has 1 fully saturated rings. The third-order valence-corrected chi connectivity index (χ3v) is 5.52. The summed E-state index contributed by atoms with van der Waals surface area (Å²) in [5.41, 5.74) is 1.26. The largest absolute Gasteiger partial charge is 0.306 e. The van der Waals surface area contributed by atoms with Crippen molar-refractivity contribution in [1.82, 2.24) is 9.80 Å². The highest BCUT2D eigenvalue weighted by molar-refractivity contribution is 6.42. The van der Waals surface area contributed by atoms with Gasteiger partial charge in [-0.05, 0) is 70.6 Å². The average molecular weight is 343 g/mol. The molecule has 1 atom stereocenters. The molecule has 0 amide bonds. The van der Waals surface area contributed by atoms with Crippen LogP contribution in [0.1, 0.15) is 37.7 Å². The van der Waals surface area contributed by atoms with Crippen molar-refractivity contribution in [2.75, 3.05) is 33.7 Å². The topological polar surface area (TPSA) is 6.48 Å². The van der Waals surface area contributed by atoms with Crippen LogP contribution in [0.3, 0.4) is 0 Å². The first-order valence-electron chi connectivity index (χ1n) is 8.39. The van der Waals surface area contributed by atoms with Crippen molar-refractivity contribution in [3.63, 3.8) is 0 Å². The molecule has 1 aliphatic rings. The molecule has 1 aromatic rings. The molecule has 0 radical (unpaired) electrons. The molecule has 0 saturated carbocycles. The van der Waals surface area contributed by atoms with Crippen LogP contribution in [0.2, 0.25) is 10.0 Å². The predicted molar refractivity (Wildman–Crippen MR) is 97.2 cm³/mol. The minimum atomic E-state index is 0.634. The zero-order chi connectivity index (χ0) is 15.9. The number of hydrogen-bond donors (Lipinski definition) is 0. The fraction of sp³-hybridized carbons (Fsp3) is 0.667. The Morgan fingerprint density at radius 1 is 1.14 bits per heavy atom. The minimum absolute atomic E-state index is 0.634. The highest BCUT2D eigenvalue weighted by Gasteiger charge is 2.17. The Morgan fingerprint density at radius 3 is 2.73 bits per heavy atom. The van der Waals surface area contributed by atoms with Crippen molar-refractivity contribution >= 4 is 23.2 Å². The number of likely N-dealkylation sites (N-methyl/N-ethyl adjacent to an activating group) is 1. The molecular weight excluding hydrogens is 315 g/mol. The summed E-state index contributed by atoms with van der Waals surface area (Å²) in [6.07, 6.45) is 7.80. The Kier molecular flexibility index (Phi) is 7.49. The van der Waals surface area contributed by atoms with Crippen molar-refractivity contribution < 1.29 is 0 Å². The van der Waals surface area contributed by atoms with Crippen molar-refractivity contribution in [2.45, 2.75) is 44.6 Å². The Labute approximate surface area is 145 Å². The Morgan fingerprint density at radius 2 is 1.95 bits per heavy atom. The van der Waals surface area contributed by atoms with Crippen LogP contribution in [0.15, 0.2) is 18.2 Å². The lowest BCUT2D eigenvalue weighted by Crippen LogP contribution is -2.34. The number of likely N-dealkylation sites (tertiary alicyclic amines) is 1. The lowest BCUT2D eigenvalue weighted by molar-refractivity contribution is 0.208. The standard InChI is InChI=1S/C18H28Cl2N2/c1-21(12-9-15-7-8-17(19)18(20)14-15)13-10-16-6-4-3-5-11-22(16)2/h7-8,14,16H,3-6,9-13H2,1-2H3. The van der Waals surface area contributed by atoms with Gasteiger partial charge in [-0.2, -0.15) is 0 Å². The lowest BCUT2D eigenvalue weighted by atomic mass is 10.1. The predicted octanol–water partition coefficient (Wildman–Crippen LogP) is 4.73. The molecule has 1 aromatic carbocycles. The van der Waals surface area contributed by atoms with Crippen molar-refractivity contribution in [2.24, 2.45) is 0 Å². The van der Waals surface area contributed by atoms with Gasteiger partial charge in [0.05, 0.1) is 10.0 Å². The number of rotatable bonds is 6. The second kappa shape index (κ2) is 9.12. The van der Waals surface area contributed by atoms with E-state index in [1.165, 1.54) is 44.2 Å². The zero-order valence-electron chi connectivity index (χ0n) is 13.8. The number of halogens is 2. The van der Waals surface area contributed by atoms with Gasteiger partial charge in [-0.3, -0.25) is 0 Å². The molecule has 0 N–H and O–H groups in total. The maximum Gasteiger partial charge on any atom is 0.0595 e. The van der Waals surface area contributed by atoms with E-state index in [-0.39, 0.29) is 0 Å². The van der Waals surface area contributed by atoms with Crippen LogP contribution in [-0.4, -0.2) is 49.6 Å². The zero-order valence-corrected chi connectivity index (χ0v) is 15.3. The van der Waals surface area contributed by atoms with Gasteiger partial charge in [-0.25, -0.2) is 0 Å². The molecule has 0 spiro atoms. The van der Waals surface area contributed by atoms with E-state index in [9.17, 15) is 0 Å². The van der Waals surface area contributed by atoms with E-state index in [1.54, 1.807) is 0 Å². The van der Waals surface area contributed by atoms with Gasteiger partial charge in [0.2, 0.25) is 0 Å². The smallest absolute Gasteiger partial charge is 0.0595 e. The van der Waals surface area contributed by atoms with Crippen LogP contribution in [0.5, 0.6) is 0 Å². The first-order chi connectivity index (χ1) is 10.6. The monoisotopic (exact) mass is 342 g/mol. The molecule has 124 valence electrons. The maximum atomic E-state index is 6.07. The van der Waals surface area contributed by atoms with E-state index >= 15 is 0 Å². The summed E-state index contributed by atoms with van der Waals surface area (Å²) in [7, 11) is 4.50. The molecule has 0 aliphatic carbocycles. The summed E-state index contributed by atoms with van der Waals surface area (Å²) >= 11 is 12.0. The third-order valence-electron chi connectivity index (χ3n) is 4.78. The lowest BCUT2D eigenvalue weighted by Gasteiger charge is -2.27. The Hall–Kier alpha value is -0.280. The second-order valence-corrected chi connectivity index (χ2v) is 7.39. The molecule has 22 heavy (non-hydrogen) atoms. The van der Waals surface area contributed by atoms with Crippen LogP contribution in [0.4, 0.5) is 0 Å². The quantitative estimate of drug-likeness (QED) is 0.737. The first-order valence-corrected chi connectivity index (χ1v) is 9.14. The summed E-state index contributed by atoms with van der Waals surface area (Å²) < 4.78 is 0. The molecule has 4 heteroatoms. The highest BCUT2D eigenvalue weighted by Crippen LogP contribution is 2.23. The van der Waals surface area contributed by atoms with Gasteiger partial charge in [-0.15, -0.1) is 0 Å². The van der Waals surface area contributed by atoms with Gasteiger partial charge in [0.1, 0.15) is 0 Å². The van der Waals surface area contributed by atoms with Gasteiger partial charge in [0.25, 0.3) is 0 Å². The summed E-state index contributed by atoms with van der Waals surface area (Å²) in [6.45, 7) is 3.49. The van der Waals surface area contributed by atoms with Gasteiger partial charge in [0.15, 0.2) is 0 Å². The molecule has 1 unspecified atom stereocenters. The maximum absolute atomic E-state index is 6.07.